The lowest BCUT2D eigenvalue weighted by Gasteiger charge is -2.29. The summed E-state index contributed by atoms with van der Waals surface area (Å²) in [5.41, 5.74) is 4.24. The number of hydrogen-bond acceptors (Lipinski definition) is 4. The van der Waals surface area contributed by atoms with Crippen LogP contribution in [0.2, 0.25) is 0 Å². The first kappa shape index (κ1) is 18.5. The molecule has 1 N–H and O–H groups in total. The Bertz CT molecular complexity index is 1210. The molecular formula is C24H20F2N4. The summed E-state index contributed by atoms with van der Waals surface area (Å²) in [6, 6.07) is 16.4. The van der Waals surface area contributed by atoms with Crippen molar-refractivity contribution in [3.63, 3.8) is 0 Å². The number of hydrogen-bond donors (Lipinski definition) is 1. The van der Waals surface area contributed by atoms with Crippen LogP contribution in [-0.4, -0.2) is 16.5 Å². The molecule has 30 heavy (non-hydrogen) atoms. The minimum Gasteiger partial charge on any atom is -0.380 e. The van der Waals surface area contributed by atoms with Crippen LogP contribution < -0.4 is 10.2 Å². The maximum atomic E-state index is 14.3. The fourth-order valence-corrected chi connectivity index (χ4v) is 3.94. The van der Waals surface area contributed by atoms with Gasteiger partial charge in [-0.2, -0.15) is 0 Å². The lowest BCUT2D eigenvalue weighted by molar-refractivity contribution is 0.615. The molecule has 0 saturated heterocycles. The zero-order valence-corrected chi connectivity index (χ0v) is 16.3. The van der Waals surface area contributed by atoms with Crippen LogP contribution in [-0.2, 0) is 19.5 Å². The van der Waals surface area contributed by atoms with Crippen molar-refractivity contribution in [3.8, 4) is 0 Å². The Balaban J connectivity index is 1.31. The van der Waals surface area contributed by atoms with E-state index < -0.39 is 11.6 Å². The van der Waals surface area contributed by atoms with E-state index in [1.54, 1.807) is 6.07 Å². The highest BCUT2D eigenvalue weighted by Gasteiger charge is 2.17. The van der Waals surface area contributed by atoms with E-state index >= 15 is 0 Å². The molecule has 4 nitrogen and oxygen atoms in total. The first-order valence-electron chi connectivity index (χ1n) is 9.92. The summed E-state index contributed by atoms with van der Waals surface area (Å²) in [5, 5.41) is 3.34. The zero-order valence-electron chi connectivity index (χ0n) is 16.3. The molecule has 0 fully saturated rings. The van der Waals surface area contributed by atoms with Crippen LogP contribution in [0.3, 0.4) is 0 Å². The predicted molar refractivity (Wildman–Crippen MR) is 114 cm³/mol. The van der Waals surface area contributed by atoms with Crippen LogP contribution in [0.15, 0.2) is 67.0 Å². The number of rotatable bonds is 4. The van der Waals surface area contributed by atoms with Gasteiger partial charge in [0.2, 0.25) is 0 Å². The van der Waals surface area contributed by atoms with Crippen LogP contribution in [0.1, 0.15) is 16.7 Å². The van der Waals surface area contributed by atoms with Crippen molar-refractivity contribution >= 4 is 22.4 Å². The van der Waals surface area contributed by atoms with Gasteiger partial charge in [-0.1, -0.05) is 30.3 Å². The Morgan fingerprint density at radius 1 is 0.900 bits per heavy atom. The van der Waals surface area contributed by atoms with E-state index in [9.17, 15) is 8.78 Å². The molecule has 5 rings (SSSR count). The van der Waals surface area contributed by atoms with Crippen LogP contribution in [0.5, 0.6) is 0 Å². The fourth-order valence-electron chi connectivity index (χ4n) is 3.94. The van der Waals surface area contributed by atoms with Crippen molar-refractivity contribution in [2.75, 3.05) is 16.8 Å². The second-order valence-corrected chi connectivity index (χ2v) is 7.43. The van der Waals surface area contributed by atoms with E-state index in [0.29, 0.717) is 12.2 Å². The molecule has 0 aliphatic carbocycles. The van der Waals surface area contributed by atoms with Crippen LogP contribution in [0, 0.1) is 11.6 Å². The van der Waals surface area contributed by atoms with Crippen molar-refractivity contribution in [2.24, 2.45) is 0 Å². The number of nitrogens with one attached hydrogen (secondary N) is 1. The van der Waals surface area contributed by atoms with Gasteiger partial charge in [0.15, 0.2) is 0 Å². The molecule has 0 atom stereocenters. The molecule has 2 aromatic carbocycles. The SMILES string of the molecule is Fc1ccc(F)c2c(NCc3ccc(N4CCc5ccccc5C4)nc3)ccnc12. The average molecular weight is 402 g/mol. The summed E-state index contributed by atoms with van der Waals surface area (Å²) in [7, 11) is 0. The maximum absolute atomic E-state index is 14.3. The van der Waals surface area contributed by atoms with E-state index in [1.165, 1.54) is 17.3 Å². The number of halogens is 2. The summed E-state index contributed by atoms with van der Waals surface area (Å²) in [5.74, 6) is -0.0965. The van der Waals surface area contributed by atoms with Crippen LogP contribution >= 0.6 is 0 Å². The molecule has 150 valence electrons. The molecule has 6 heteroatoms. The molecule has 1 aliphatic heterocycles. The maximum Gasteiger partial charge on any atom is 0.149 e. The molecule has 4 aromatic rings. The molecule has 3 heterocycles. The molecule has 2 aromatic heterocycles. The lowest BCUT2D eigenvalue weighted by Crippen LogP contribution is -2.30. The first-order chi connectivity index (χ1) is 14.7. The Kier molecular flexibility index (Phi) is 4.75. The van der Waals surface area contributed by atoms with Gasteiger partial charge in [0.25, 0.3) is 0 Å². The zero-order chi connectivity index (χ0) is 20.5. The van der Waals surface area contributed by atoms with Crippen molar-refractivity contribution in [1.82, 2.24) is 9.97 Å². The molecule has 0 spiro atoms. The summed E-state index contributed by atoms with van der Waals surface area (Å²) >= 11 is 0. The second-order valence-electron chi connectivity index (χ2n) is 7.43. The topological polar surface area (TPSA) is 41.0 Å². The largest absolute Gasteiger partial charge is 0.380 e. The molecule has 1 aliphatic rings. The number of fused-ring (bicyclic) bond motifs is 2. The van der Waals surface area contributed by atoms with Gasteiger partial charge in [-0.3, -0.25) is 4.98 Å². The Morgan fingerprint density at radius 3 is 2.57 bits per heavy atom. The van der Waals surface area contributed by atoms with Gasteiger partial charge in [-0.15, -0.1) is 0 Å². The normalized spacial score (nSPS) is 13.3. The summed E-state index contributed by atoms with van der Waals surface area (Å²) < 4.78 is 28.2. The third-order valence-electron chi connectivity index (χ3n) is 5.54. The molecular weight excluding hydrogens is 382 g/mol. The van der Waals surface area contributed by atoms with Gasteiger partial charge in [-0.05, 0) is 47.4 Å². The Hall–Kier alpha value is -3.54. The van der Waals surface area contributed by atoms with Crippen molar-refractivity contribution in [3.05, 3.63) is 95.3 Å². The van der Waals surface area contributed by atoms with Crippen LogP contribution in [0.25, 0.3) is 10.9 Å². The molecule has 0 unspecified atom stereocenters. The smallest absolute Gasteiger partial charge is 0.149 e. The minimum absolute atomic E-state index is 0.0267. The number of nitrogens with zero attached hydrogens (tertiary/aromatic N) is 3. The average Bonchev–Trinajstić information content (AvgIpc) is 2.80. The third kappa shape index (κ3) is 3.45. The van der Waals surface area contributed by atoms with Crippen molar-refractivity contribution in [2.45, 2.75) is 19.5 Å². The Morgan fingerprint density at radius 2 is 1.73 bits per heavy atom. The molecule has 0 amide bonds. The van der Waals surface area contributed by atoms with Crippen molar-refractivity contribution < 1.29 is 8.78 Å². The van der Waals surface area contributed by atoms with Gasteiger partial charge < -0.3 is 10.2 Å². The molecule has 0 radical (unpaired) electrons. The summed E-state index contributed by atoms with van der Waals surface area (Å²) in [6.07, 6.45) is 4.31. The van der Waals surface area contributed by atoms with Crippen LogP contribution in [0.4, 0.5) is 20.3 Å². The monoisotopic (exact) mass is 402 g/mol. The van der Waals surface area contributed by atoms with Gasteiger partial charge in [-0.25, -0.2) is 13.8 Å². The van der Waals surface area contributed by atoms with Gasteiger partial charge in [0.1, 0.15) is 23.0 Å². The predicted octanol–water partition coefficient (Wildman–Crippen LogP) is 5.08. The first-order valence-corrected chi connectivity index (χ1v) is 9.92. The highest BCUT2D eigenvalue weighted by molar-refractivity contribution is 5.91. The summed E-state index contributed by atoms with van der Waals surface area (Å²) in [6.45, 7) is 2.25. The lowest BCUT2D eigenvalue weighted by atomic mass is 10.00. The third-order valence-corrected chi connectivity index (χ3v) is 5.54. The quantitative estimate of drug-likeness (QED) is 0.517. The standard InChI is InChI=1S/C24H20F2N4/c25-19-6-7-20(26)24-23(19)21(9-11-27-24)28-13-16-5-8-22(29-14-16)30-12-10-17-3-1-2-4-18(17)15-30/h1-9,11,14H,10,12-13,15H2,(H,27,28). The number of pyridine rings is 2. The van der Waals surface area contributed by atoms with E-state index in [-0.39, 0.29) is 10.9 Å². The van der Waals surface area contributed by atoms with E-state index in [0.717, 1.165) is 43.0 Å². The number of benzene rings is 2. The summed E-state index contributed by atoms with van der Waals surface area (Å²) in [4.78, 5) is 10.9. The molecule has 0 bridgehead atoms. The van der Waals surface area contributed by atoms with Gasteiger partial charge in [0, 0.05) is 37.7 Å². The highest BCUT2D eigenvalue weighted by Crippen LogP contribution is 2.27. The minimum atomic E-state index is -0.538. The highest BCUT2D eigenvalue weighted by atomic mass is 19.1. The Labute approximate surface area is 173 Å². The number of aromatic nitrogens is 2. The van der Waals surface area contributed by atoms with E-state index in [2.05, 4.69) is 44.5 Å². The van der Waals surface area contributed by atoms with Gasteiger partial charge in [0.05, 0.1) is 5.39 Å². The van der Waals surface area contributed by atoms with E-state index in [1.807, 2.05) is 18.3 Å². The van der Waals surface area contributed by atoms with Crippen molar-refractivity contribution in [1.29, 1.82) is 0 Å². The van der Waals surface area contributed by atoms with E-state index in [4.69, 9.17) is 0 Å². The second kappa shape index (κ2) is 7.71. The fraction of sp³-hybridized carbons (Fsp3) is 0.167. The van der Waals surface area contributed by atoms with Gasteiger partial charge >= 0.3 is 0 Å². The number of anilines is 2. The molecule has 0 saturated carbocycles.